The van der Waals surface area contributed by atoms with Gasteiger partial charge in [-0.1, -0.05) is 6.07 Å². The third-order valence-corrected chi connectivity index (χ3v) is 10.6. The molecule has 13 heteroatoms. The number of urea groups is 1. The monoisotopic (exact) mass is 622 g/mol. The van der Waals surface area contributed by atoms with Crippen LogP contribution in [-0.4, -0.2) is 99.5 Å². The molecule has 3 aliphatic carbocycles. The molecule has 3 saturated carbocycles. The van der Waals surface area contributed by atoms with Crippen molar-refractivity contribution in [3.05, 3.63) is 63.0 Å². The number of amidine groups is 1. The van der Waals surface area contributed by atoms with Gasteiger partial charge in [0.25, 0.3) is 0 Å². The van der Waals surface area contributed by atoms with E-state index in [2.05, 4.69) is 15.2 Å². The van der Waals surface area contributed by atoms with Crippen molar-refractivity contribution < 1.29 is 28.6 Å². The number of hydrogen-bond donors (Lipinski definition) is 2. The maximum absolute atomic E-state index is 14.1. The number of fused-ring (bicyclic) bond motifs is 1. The van der Waals surface area contributed by atoms with Crippen molar-refractivity contribution in [1.29, 1.82) is 0 Å². The summed E-state index contributed by atoms with van der Waals surface area (Å²) in [6.45, 7) is 6.59. The van der Waals surface area contributed by atoms with E-state index in [0.717, 1.165) is 19.3 Å². The van der Waals surface area contributed by atoms with Crippen LogP contribution in [0.2, 0.25) is 0 Å². The first-order valence-corrected chi connectivity index (χ1v) is 15.9. The molecule has 11 nitrogen and oxygen atoms in total. The van der Waals surface area contributed by atoms with E-state index in [0.29, 0.717) is 66.0 Å². The molecule has 4 heterocycles. The second-order valence-corrected chi connectivity index (χ2v) is 13.7. The van der Waals surface area contributed by atoms with Gasteiger partial charge < -0.3 is 25.0 Å². The lowest BCUT2D eigenvalue weighted by Crippen LogP contribution is -2.75. The van der Waals surface area contributed by atoms with Crippen molar-refractivity contribution in [1.82, 2.24) is 25.0 Å². The normalized spacial score (nSPS) is 29.4. The van der Waals surface area contributed by atoms with Crippen LogP contribution < -0.4 is 5.32 Å². The fourth-order valence-corrected chi connectivity index (χ4v) is 8.65. The number of aliphatic carboxylic acids is 1. The fourth-order valence-electron chi connectivity index (χ4n) is 8.06. The van der Waals surface area contributed by atoms with Crippen LogP contribution >= 0.6 is 11.3 Å². The Morgan fingerprint density at radius 2 is 2.02 bits per heavy atom. The van der Waals surface area contributed by atoms with Crippen molar-refractivity contribution in [3.8, 4) is 0 Å². The van der Waals surface area contributed by atoms with Gasteiger partial charge in [0.15, 0.2) is 10.8 Å². The number of aliphatic imine (C=N–C) groups is 1. The number of ether oxygens (including phenoxy) is 1. The summed E-state index contributed by atoms with van der Waals surface area (Å²) in [5.41, 5.74) is 2.09. The highest BCUT2D eigenvalue weighted by Crippen LogP contribution is 2.72. The lowest BCUT2D eigenvalue weighted by Gasteiger charge is -2.73. The lowest BCUT2D eigenvalue weighted by molar-refractivity contribution is -0.208. The van der Waals surface area contributed by atoms with Crippen molar-refractivity contribution in [2.75, 3.05) is 39.3 Å². The van der Waals surface area contributed by atoms with Crippen molar-refractivity contribution in [2.24, 2.45) is 10.4 Å². The summed E-state index contributed by atoms with van der Waals surface area (Å²) in [7, 11) is 0. The van der Waals surface area contributed by atoms with E-state index in [1.165, 1.54) is 23.5 Å². The molecule has 232 valence electrons. The second kappa shape index (κ2) is 10.7. The predicted molar refractivity (Wildman–Crippen MR) is 160 cm³/mol. The average Bonchev–Trinajstić information content (AvgIpc) is 3.58. The number of carbonyl (C=O) groups is 3. The van der Waals surface area contributed by atoms with Crippen molar-refractivity contribution >= 4 is 35.1 Å². The Labute approximate surface area is 258 Å². The molecule has 2 bridgehead atoms. The Morgan fingerprint density at radius 1 is 1.23 bits per heavy atom. The molecule has 5 fully saturated rings. The molecule has 0 spiro atoms. The molecule has 2 N–H and O–H groups in total. The molecule has 3 aliphatic heterocycles. The largest absolute Gasteiger partial charge is 0.481 e. The topological polar surface area (TPSA) is 128 Å². The summed E-state index contributed by atoms with van der Waals surface area (Å²) >= 11 is 1.43. The van der Waals surface area contributed by atoms with E-state index in [-0.39, 0.29) is 41.9 Å². The van der Waals surface area contributed by atoms with E-state index < -0.39 is 18.0 Å². The number of piperazine rings is 1. The Bertz CT molecular complexity index is 1570. The number of carbonyl (C=O) groups excluding carboxylic acids is 2. The van der Waals surface area contributed by atoms with Gasteiger partial charge in [-0.05, 0) is 61.8 Å². The molecule has 0 radical (unpaired) electrons. The van der Waals surface area contributed by atoms with Crippen LogP contribution in [-0.2, 0) is 14.3 Å². The van der Waals surface area contributed by atoms with Crippen molar-refractivity contribution in [3.63, 3.8) is 0 Å². The number of aryl methyl sites for hydroxylation is 1. The summed E-state index contributed by atoms with van der Waals surface area (Å²) in [4.78, 5) is 53.8. The predicted octanol–water partition coefficient (Wildman–Crippen LogP) is 3.32. The van der Waals surface area contributed by atoms with Gasteiger partial charge in [0.05, 0.1) is 24.6 Å². The van der Waals surface area contributed by atoms with E-state index in [1.807, 2.05) is 15.2 Å². The minimum absolute atomic E-state index is 0.00169. The number of carboxylic acids is 1. The highest BCUT2D eigenvalue weighted by atomic mass is 32.1. The number of halogens is 1. The number of thiazole rings is 1. The first-order chi connectivity index (χ1) is 21.1. The highest BCUT2D eigenvalue weighted by Gasteiger charge is 2.72. The zero-order chi connectivity index (χ0) is 30.8. The van der Waals surface area contributed by atoms with Gasteiger partial charge in [0, 0.05) is 55.5 Å². The zero-order valence-electron chi connectivity index (χ0n) is 24.7. The third kappa shape index (κ3) is 4.76. The summed E-state index contributed by atoms with van der Waals surface area (Å²) in [6, 6.07) is 3.82. The van der Waals surface area contributed by atoms with Gasteiger partial charge in [0.2, 0.25) is 0 Å². The first-order valence-electron chi connectivity index (χ1n) is 15.0. The summed E-state index contributed by atoms with van der Waals surface area (Å²) in [5.74, 6) is -1.08. The second-order valence-electron chi connectivity index (χ2n) is 12.8. The Balaban J connectivity index is 1.14. The number of esters is 1. The Hall–Kier alpha value is -3.84. The van der Waals surface area contributed by atoms with Gasteiger partial charge in [-0.3, -0.25) is 14.7 Å². The number of nitrogens with one attached hydrogen (secondary N) is 1. The smallest absolute Gasteiger partial charge is 0.338 e. The maximum Gasteiger partial charge on any atom is 0.338 e. The number of rotatable bonds is 9. The Kier molecular flexibility index (Phi) is 7.00. The molecule has 8 rings (SSSR count). The average molecular weight is 623 g/mol. The van der Waals surface area contributed by atoms with E-state index in [1.54, 1.807) is 26.1 Å². The Morgan fingerprint density at radius 3 is 2.70 bits per heavy atom. The summed E-state index contributed by atoms with van der Waals surface area (Å²) in [5, 5.41) is 15.2. The highest BCUT2D eigenvalue weighted by molar-refractivity contribution is 7.11. The SMILES string of the molecule is CCOC(=O)C1=C(CN2CCN3C(=O)N(C45CC(CC(=O)O)(C4)C5)C[C@@H]3C2)NC(c2nccs2)=N[C@H]1c1ccc(F)cc1C. The van der Waals surface area contributed by atoms with Gasteiger partial charge in [-0.15, -0.1) is 11.3 Å². The van der Waals surface area contributed by atoms with Crippen LogP contribution in [0.1, 0.15) is 54.8 Å². The standard InChI is InChI=1S/C31H35FN6O5S/c1-3-43-28(41)24-22(34-26(27-33-6-9-44-27)35-25(24)21-5-4-19(32)10-18(21)2)14-36-7-8-37-20(12-36)13-38(29(37)42)31-15-30(16-31,17-31)11-23(39)40/h4-6,9-10,20,25H,3,7-8,11-17H2,1-2H3,(H,34,35)(H,39,40)/t20-,25-,30?,31?/m0/s1. The number of aromatic nitrogens is 1. The zero-order valence-corrected chi connectivity index (χ0v) is 25.5. The third-order valence-electron chi connectivity index (χ3n) is 9.81. The molecular weight excluding hydrogens is 587 g/mol. The number of nitrogens with zero attached hydrogens (tertiary/aromatic N) is 5. The van der Waals surface area contributed by atoms with Gasteiger partial charge in [-0.2, -0.15) is 0 Å². The quantitative estimate of drug-likeness (QED) is 0.408. The number of benzene rings is 1. The van der Waals surface area contributed by atoms with Crippen LogP contribution in [0.4, 0.5) is 9.18 Å². The van der Waals surface area contributed by atoms with Crippen LogP contribution in [0.3, 0.4) is 0 Å². The maximum atomic E-state index is 14.1. The van der Waals surface area contributed by atoms with Crippen LogP contribution in [0, 0.1) is 18.2 Å². The minimum atomic E-state index is -0.771. The molecule has 2 atom stereocenters. The van der Waals surface area contributed by atoms with Gasteiger partial charge in [0.1, 0.15) is 11.9 Å². The van der Waals surface area contributed by atoms with Crippen LogP contribution in [0.25, 0.3) is 0 Å². The molecule has 2 aromatic rings. The molecule has 0 unspecified atom stereocenters. The number of carboxylic acid groups (broad SMARTS) is 1. The number of hydrogen-bond acceptors (Lipinski definition) is 9. The van der Waals surface area contributed by atoms with Crippen molar-refractivity contribution in [2.45, 2.75) is 57.2 Å². The minimum Gasteiger partial charge on any atom is -0.481 e. The van der Waals surface area contributed by atoms with E-state index in [9.17, 15) is 23.9 Å². The van der Waals surface area contributed by atoms with Gasteiger partial charge in [-0.25, -0.2) is 19.0 Å². The molecule has 2 saturated heterocycles. The molecular formula is C31H35FN6O5S. The van der Waals surface area contributed by atoms with E-state index >= 15 is 0 Å². The molecule has 1 aromatic heterocycles. The summed E-state index contributed by atoms with van der Waals surface area (Å²) in [6.07, 6.45) is 4.18. The van der Waals surface area contributed by atoms with Gasteiger partial charge >= 0.3 is 18.0 Å². The lowest BCUT2D eigenvalue weighted by atomic mass is 9.38. The van der Waals surface area contributed by atoms with E-state index in [4.69, 9.17) is 9.73 Å². The molecule has 2 amide bonds. The first kappa shape index (κ1) is 28.9. The van der Waals surface area contributed by atoms with Crippen LogP contribution in [0.15, 0.2) is 46.0 Å². The molecule has 6 aliphatic rings. The number of amides is 2. The summed E-state index contributed by atoms with van der Waals surface area (Å²) < 4.78 is 19.6. The fraction of sp³-hybridized carbons (Fsp3) is 0.516. The van der Waals surface area contributed by atoms with Crippen LogP contribution in [0.5, 0.6) is 0 Å². The molecule has 1 aromatic carbocycles. The molecule has 44 heavy (non-hydrogen) atoms.